The molecule has 0 aliphatic heterocycles. The fourth-order valence-corrected chi connectivity index (χ4v) is 0.749. The first-order valence-corrected chi connectivity index (χ1v) is 5.29. The van der Waals surface area contributed by atoms with Crippen LogP contribution in [-0.4, -0.2) is 23.5 Å². The van der Waals surface area contributed by atoms with Crippen LogP contribution in [0, 0.1) is 0 Å². The molecule has 0 aliphatic carbocycles. The second-order valence-corrected chi connectivity index (χ2v) is 3.52. The third-order valence-electron chi connectivity index (χ3n) is 1.12. The Morgan fingerprint density at radius 2 is 1.87 bits per heavy atom. The van der Waals surface area contributed by atoms with Gasteiger partial charge in [-0.2, -0.15) is 8.42 Å². The van der Waals surface area contributed by atoms with E-state index in [1.54, 1.807) is 30.3 Å². The molecule has 6 heteroatoms. The lowest BCUT2D eigenvalue weighted by atomic mass is 10.1. The fraction of sp³-hybridized carbons (Fsp3) is 0.333. The summed E-state index contributed by atoms with van der Waals surface area (Å²) in [6.45, 7) is 1.36. The van der Waals surface area contributed by atoms with Crippen LogP contribution in [0.5, 0.6) is 0 Å². The average molecular weight is 236 g/mol. The first-order valence-electron chi connectivity index (χ1n) is 5.40. The first kappa shape index (κ1) is 9.29. The molecule has 0 heterocycles. The van der Waals surface area contributed by atoms with Gasteiger partial charge in [-0.05, 0) is 18.9 Å². The molecule has 1 atom stereocenters. The van der Waals surface area contributed by atoms with Crippen molar-refractivity contribution in [1.82, 2.24) is 0 Å². The molecule has 0 saturated carbocycles. The van der Waals surface area contributed by atoms with E-state index in [9.17, 15) is 0 Å². The molecular formula is C9H15NO4S. The van der Waals surface area contributed by atoms with Gasteiger partial charge in [-0.25, -0.2) is 0 Å². The molecule has 1 rings (SSSR count). The van der Waals surface area contributed by atoms with Gasteiger partial charge in [-0.3, -0.25) is 9.11 Å². The van der Waals surface area contributed by atoms with Crippen LogP contribution in [0.1, 0.15) is 16.6 Å². The van der Waals surface area contributed by atoms with Gasteiger partial charge in [0.15, 0.2) is 0 Å². The van der Waals surface area contributed by atoms with Gasteiger partial charge in [0.1, 0.15) is 0 Å². The van der Waals surface area contributed by atoms with Crippen LogP contribution in [0.4, 0.5) is 0 Å². The Balaban J connectivity index is 0.000000494. The summed E-state index contributed by atoms with van der Waals surface area (Å²) < 4.78 is 54.4. The van der Waals surface area contributed by atoms with Crippen LogP contribution in [-0.2, 0) is 16.8 Å². The van der Waals surface area contributed by atoms with Crippen LogP contribution >= 0.6 is 0 Å². The zero-order valence-electron chi connectivity index (χ0n) is 11.1. The Morgan fingerprint density at radius 1 is 1.47 bits per heavy atom. The van der Waals surface area contributed by atoms with Gasteiger partial charge in [0, 0.05) is 10.1 Å². The molecule has 1 aromatic carbocycles. The minimum absolute atomic E-state index is 0.440. The topological polar surface area (TPSA) is 101 Å². The maximum absolute atomic E-state index is 8.74. The lowest BCUT2D eigenvalue weighted by Gasteiger charge is -2.02. The van der Waals surface area contributed by atoms with Gasteiger partial charge in [0.05, 0.1) is 0 Å². The Bertz CT molecular complexity index is 462. The summed E-state index contributed by atoms with van der Waals surface area (Å²) in [5.41, 5.74) is 5.88. The van der Waals surface area contributed by atoms with Gasteiger partial charge in [-0.15, -0.1) is 0 Å². The number of benzene rings is 1. The minimum Gasteiger partial charge on any atom is -0.328 e. The summed E-state index contributed by atoms with van der Waals surface area (Å²) in [7, 11) is -4.67. The van der Waals surface area contributed by atoms with Gasteiger partial charge >= 0.3 is 10.4 Å². The zero-order valence-corrected chi connectivity index (χ0v) is 8.90. The van der Waals surface area contributed by atoms with Crippen molar-refractivity contribution in [2.45, 2.75) is 19.3 Å². The van der Waals surface area contributed by atoms with Crippen molar-refractivity contribution < 1.29 is 21.6 Å². The molecule has 0 aliphatic rings. The lowest BCUT2D eigenvalue weighted by Crippen LogP contribution is -2.17. The van der Waals surface area contributed by atoms with E-state index >= 15 is 0 Å². The summed E-state index contributed by atoms with van der Waals surface area (Å²) in [6.07, 6.45) is -1.83. The van der Waals surface area contributed by atoms with E-state index < -0.39 is 22.8 Å². The SMILES string of the molecule is O=S(=O)(O)O.[2H]C(C)(N)C([2H])([2H])c1ccccc1. The highest BCUT2D eigenvalue weighted by atomic mass is 32.3. The zero-order chi connectivity index (χ0) is 14.6. The van der Waals surface area contributed by atoms with Gasteiger partial charge < -0.3 is 5.73 Å². The molecule has 0 saturated heterocycles. The number of hydrogen-bond acceptors (Lipinski definition) is 3. The van der Waals surface area contributed by atoms with Crippen molar-refractivity contribution in [2.75, 3.05) is 0 Å². The van der Waals surface area contributed by atoms with Crippen molar-refractivity contribution in [3.05, 3.63) is 35.9 Å². The third kappa shape index (κ3) is 13.1. The molecule has 0 aromatic heterocycles. The minimum atomic E-state index is -4.67. The van der Waals surface area contributed by atoms with Crippen molar-refractivity contribution in [1.29, 1.82) is 0 Å². The smallest absolute Gasteiger partial charge is 0.328 e. The van der Waals surface area contributed by atoms with Crippen LogP contribution in [0.25, 0.3) is 0 Å². The Labute approximate surface area is 93.7 Å². The Morgan fingerprint density at radius 3 is 2.20 bits per heavy atom. The summed E-state index contributed by atoms with van der Waals surface area (Å²) in [4.78, 5) is 0. The second kappa shape index (κ2) is 6.52. The van der Waals surface area contributed by atoms with Crippen molar-refractivity contribution in [3.63, 3.8) is 0 Å². The molecule has 1 aromatic rings. The van der Waals surface area contributed by atoms with Gasteiger partial charge in [-0.1, -0.05) is 30.3 Å². The number of hydrogen-bond donors (Lipinski definition) is 3. The Kier molecular flexibility index (Phi) is 4.04. The van der Waals surface area contributed by atoms with E-state index in [-0.39, 0.29) is 0 Å². The molecule has 0 radical (unpaired) electrons. The van der Waals surface area contributed by atoms with E-state index in [1.807, 2.05) is 0 Å². The summed E-state index contributed by atoms with van der Waals surface area (Å²) in [6, 6.07) is 6.93. The van der Waals surface area contributed by atoms with Crippen LogP contribution in [0.15, 0.2) is 30.3 Å². The van der Waals surface area contributed by atoms with E-state index in [0.29, 0.717) is 5.56 Å². The molecule has 0 fully saturated rings. The number of rotatable bonds is 2. The molecule has 0 amide bonds. The Hall–Kier alpha value is -0.950. The molecule has 1 unspecified atom stereocenters. The molecule has 5 nitrogen and oxygen atoms in total. The summed E-state index contributed by atoms with van der Waals surface area (Å²) >= 11 is 0. The quantitative estimate of drug-likeness (QED) is 0.663. The standard InChI is InChI=1S/C9H13N.H2O4S/c1-8(10)7-9-5-3-2-4-6-9;1-5(2,3)4/h2-6,8H,7,10H2,1H3;(H2,1,2,3,4)/i7D2,8D;. The summed E-state index contributed by atoms with van der Waals surface area (Å²) in [5.74, 6) is 0. The van der Waals surface area contributed by atoms with Crippen molar-refractivity contribution >= 4 is 10.4 Å². The predicted molar refractivity (Wildman–Crippen MR) is 58.0 cm³/mol. The van der Waals surface area contributed by atoms with Crippen LogP contribution in [0.2, 0.25) is 0 Å². The third-order valence-corrected chi connectivity index (χ3v) is 1.12. The van der Waals surface area contributed by atoms with E-state index in [4.69, 9.17) is 27.4 Å². The maximum Gasteiger partial charge on any atom is 0.394 e. The highest BCUT2D eigenvalue weighted by Gasteiger charge is 1.94. The van der Waals surface area contributed by atoms with Gasteiger partial charge in [0.2, 0.25) is 0 Å². The molecule has 0 spiro atoms. The molecule has 15 heavy (non-hydrogen) atoms. The molecule has 86 valence electrons. The maximum atomic E-state index is 8.74. The molecule has 4 N–H and O–H groups in total. The number of nitrogens with two attached hydrogens (primary N) is 1. The normalized spacial score (nSPS) is 18.5. The highest BCUT2D eigenvalue weighted by molar-refractivity contribution is 7.79. The fourth-order valence-electron chi connectivity index (χ4n) is 0.749. The predicted octanol–water partition coefficient (Wildman–Crippen LogP) is 0.923. The molecule has 0 bridgehead atoms. The van der Waals surface area contributed by atoms with Crippen molar-refractivity contribution in [3.8, 4) is 0 Å². The largest absolute Gasteiger partial charge is 0.394 e. The van der Waals surface area contributed by atoms with E-state index in [2.05, 4.69) is 0 Å². The highest BCUT2D eigenvalue weighted by Crippen LogP contribution is 2.00. The van der Waals surface area contributed by atoms with E-state index in [0.717, 1.165) is 0 Å². The van der Waals surface area contributed by atoms with E-state index in [1.165, 1.54) is 6.92 Å². The van der Waals surface area contributed by atoms with Crippen molar-refractivity contribution in [2.24, 2.45) is 5.73 Å². The average Bonchev–Trinajstić information content (AvgIpc) is 2.14. The first-order chi connectivity index (χ1) is 7.86. The lowest BCUT2D eigenvalue weighted by molar-refractivity contribution is 0.381. The monoisotopic (exact) mass is 236 g/mol. The van der Waals surface area contributed by atoms with Crippen LogP contribution in [0.3, 0.4) is 0 Å². The van der Waals surface area contributed by atoms with Crippen LogP contribution < -0.4 is 5.73 Å². The second-order valence-electron chi connectivity index (χ2n) is 2.62. The van der Waals surface area contributed by atoms with Gasteiger partial charge in [0.25, 0.3) is 0 Å². The summed E-state index contributed by atoms with van der Waals surface area (Å²) in [5, 5.41) is 0. The molecular weight excluding hydrogens is 218 g/mol.